The molecule has 0 radical (unpaired) electrons. The minimum absolute atomic E-state index is 0.463. The maximum absolute atomic E-state index is 5.65. The SMILES string of the molecule is Cn1nnc2ccc(COc3cccc(Br)n3)cc21. The largest absolute Gasteiger partial charge is 0.473 e. The van der Waals surface area contributed by atoms with Crippen LogP contribution < -0.4 is 4.74 Å². The van der Waals surface area contributed by atoms with Gasteiger partial charge in [-0.05, 0) is 39.7 Å². The van der Waals surface area contributed by atoms with Gasteiger partial charge in [0, 0.05) is 13.1 Å². The lowest BCUT2D eigenvalue weighted by Crippen LogP contribution is -1.98. The first kappa shape index (κ1) is 12.1. The van der Waals surface area contributed by atoms with Gasteiger partial charge in [-0.15, -0.1) is 5.10 Å². The zero-order chi connectivity index (χ0) is 13.2. The van der Waals surface area contributed by atoms with E-state index < -0.39 is 0 Å². The first-order valence-electron chi connectivity index (χ1n) is 5.76. The van der Waals surface area contributed by atoms with E-state index in [-0.39, 0.29) is 0 Å². The Morgan fingerprint density at radius 2 is 2.16 bits per heavy atom. The van der Waals surface area contributed by atoms with E-state index in [2.05, 4.69) is 31.2 Å². The van der Waals surface area contributed by atoms with E-state index in [1.54, 1.807) is 4.68 Å². The fraction of sp³-hybridized carbons (Fsp3) is 0.154. The highest BCUT2D eigenvalue weighted by atomic mass is 79.9. The summed E-state index contributed by atoms with van der Waals surface area (Å²) in [6.07, 6.45) is 0. The number of hydrogen-bond donors (Lipinski definition) is 0. The summed E-state index contributed by atoms with van der Waals surface area (Å²) in [6, 6.07) is 11.5. The van der Waals surface area contributed by atoms with Crippen LogP contribution in [0.15, 0.2) is 41.0 Å². The number of rotatable bonds is 3. The fourth-order valence-electron chi connectivity index (χ4n) is 1.79. The number of aromatic nitrogens is 4. The van der Waals surface area contributed by atoms with Crippen LogP contribution in [-0.2, 0) is 13.7 Å². The smallest absolute Gasteiger partial charge is 0.214 e. The molecule has 0 bridgehead atoms. The van der Waals surface area contributed by atoms with Gasteiger partial charge in [-0.1, -0.05) is 17.3 Å². The Hall–Kier alpha value is -1.95. The molecule has 19 heavy (non-hydrogen) atoms. The van der Waals surface area contributed by atoms with Crippen LogP contribution in [0.3, 0.4) is 0 Å². The summed E-state index contributed by atoms with van der Waals surface area (Å²) in [7, 11) is 1.87. The van der Waals surface area contributed by atoms with Crippen molar-refractivity contribution in [2.45, 2.75) is 6.61 Å². The van der Waals surface area contributed by atoms with Gasteiger partial charge in [0.1, 0.15) is 16.7 Å². The van der Waals surface area contributed by atoms with Crippen LogP contribution in [0.1, 0.15) is 5.56 Å². The van der Waals surface area contributed by atoms with Gasteiger partial charge < -0.3 is 4.74 Å². The summed E-state index contributed by atoms with van der Waals surface area (Å²) in [5.41, 5.74) is 2.93. The molecule has 3 rings (SSSR count). The maximum atomic E-state index is 5.65. The maximum Gasteiger partial charge on any atom is 0.214 e. The lowest BCUT2D eigenvalue weighted by atomic mass is 10.2. The number of benzene rings is 1. The van der Waals surface area contributed by atoms with Crippen LogP contribution in [0.5, 0.6) is 5.88 Å². The van der Waals surface area contributed by atoms with E-state index in [1.165, 1.54) is 0 Å². The molecule has 0 atom stereocenters. The van der Waals surface area contributed by atoms with Gasteiger partial charge in [0.25, 0.3) is 0 Å². The van der Waals surface area contributed by atoms with Crippen molar-refractivity contribution in [2.24, 2.45) is 7.05 Å². The molecular weight excluding hydrogens is 308 g/mol. The molecule has 0 saturated heterocycles. The number of aryl methyl sites for hydroxylation is 1. The van der Waals surface area contributed by atoms with E-state index in [0.29, 0.717) is 12.5 Å². The molecule has 0 aliphatic carbocycles. The molecule has 0 unspecified atom stereocenters. The topological polar surface area (TPSA) is 52.8 Å². The van der Waals surface area contributed by atoms with Crippen molar-refractivity contribution in [2.75, 3.05) is 0 Å². The highest BCUT2D eigenvalue weighted by Crippen LogP contribution is 2.16. The Morgan fingerprint density at radius 1 is 1.26 bits per heavy atom. The van der Waals surface area contributed by atoms with Crippen LogP contribution >= 0.6 is 15.9 Å². The molecule has 0 aliphatic heterocycles. The van der Waals surface area contributed by atoms with E-state index in [1.807, 2.05) is 43.4 Å². The molecular formula is C13H11BrN4O. The molecule has 0 aliphatic rings. The van der Waals surface area contributed by atoms with Crippen LogP contribution in [0.25, 0.3) is 11.0 Å². The van der Waals surface area contributed by atoms with E-state index in [4.69, 9.17) is 4.74 Å². The van der Waals surface area contributed by atoms with Crippen molar-refractivity contribution < 1.29 is 4.74 Å². The van der Waals surface area contributed by atoms with Gasteiger partial charge >= 0.3 is 0 Å². The predicted octanol–water partition coefficient (Wildman–Crippen LogP) is 2.70. The van der Waals surface area contributed by atoms with E-state index in [0.717, 1.165) is 21.2 Å². The van der Waals surface area contributed by atoms with Crippen molar-refractivity contribution in [1.82, 2.24) is 20.0 Å². The summed E-state index contributed by atoms with van der Waals surface area (Å²) >= 11 is 3.31. The van der Waals surface area contributed by atoms with Gasteiger partial charge in [0.2, 0.25) is 5.88 Å². The molecule has 6 heteroatoms. The standard InChI is InChI=1S/C13H11BrN4O/c1-18-11-7-9(5-6-10(11)16-17-18)8-19-13-4-2-3-12(14)15-13/h2-7H,8H2,1H3. The zero-order valence-corrected chi connectivity index (χ0v) is 11.8. The van der Waals surface area contributed by atoms with E-state index >= 15 is 0 Å². The van der Waals surface area contributed by atoms with Crippen molar-refractivity contribution in [3.63, 3.8) is 0 Å². The monoisotopic (exact) mass is 318 g/mol. The summed E-state index contributed by atoms with van der Waals surface area (Å²) in [5, 5.41) is 8.02. The Kier molecular flexibility index (Phi) is 3.16. The minimum Gasteiger partial charge on any atom is -0.473 e. The molecule has 5 nitrogen and oxygen atoms in total. The van der Waals surface area contributed by atoms with Crippen molar-refractivity contribution in [1.29, 1.82) is 0 Å². The minimum atomic E-state index is 0.463. The Morgan fingerprint density at radius 3 is 3.00 bits per heavy atom. The highest BCUT2D eigenvalue weighted by Gasteiger charge is 2.03. The molecule has 1 aromatic carbocycles. The summed E-state index contributed by atoms with van der Waals surface area (Å²) in [5.74, 6) is 0.595. The van der Waals surface area contributed by atoms with Crippen molar-refractivity contribution >= 4 is 27.0 Å². The van der Waals surface area contributed by atoms with Crippen molar-refractivity contribution in [3.8, 4) is 5.88 Å². The van der Waals surface area contributed by atoms with Gasteiger partial charge in [0.05, 0.1) is 5.52 Å². The van der Waals surface area contributed by atoms with Gasteiger partial charge in [-0.3, -0.25) is 0 Å². The number of pyridine rings is 1. The van der Waals surface area contributed by atoms with Crippen LogP contribution in [0, 0.1) is 0 Å². The number of ether oxygens (including phenoxy) is 1. The zero-order valence-electron chi connectivity index (χ0n) is 10.2. The molecule has 0 N–H and O–H groups in total. The number of fused-ring (bicyclic) bond motifs is 1. The lowest BCUT2D eigenvalue weighted by Gasteiger charge is -2.05. The van der Waals surface area contributed by atoms with Gasteiger partial charge in [-0.25, -0.2) is 9.67 Å². The average molecular weight is 319 g/mol. The third kappa shape index (κ3) is 2.58. The van der Waals surface area contributed by atoms with Crippen LogP contribution in [0.4, 0.5) is 0 Å². The van der Waals surface area contributed by atoms with Crippen molar-refractivity contribution in [3.05, 3.63) is 46.6 Å². The number of nitrogens with zero attached hydrogens (tertiary/aromatic N) is 4. The van der Waals surface area contributed by atoms with Crippen LogP contribution in [0.2, 0.25) is 0 Å². The summed E-state index contributed by atoms with van der Waals surface area (Å²) in [6.45, 7) is 0.463. The highest BCUT2D eigenvalue weighted by molar-refractivity contribution is 9.10. The molecule has 2 aromatic heterocycles. The Labute approximate surface area is 118 Å². The predicted molar refractivity (Wildman–Crippen MR) is 74.8 cm³/mol. The second-order valence-corrected chi connectivity index (χ2v) is 4.94. The lowest BCUT2D eigenvalue weighted by molar-refractivity contribution is 0.293. The normalized spacial score (nSPS) is 10.8. The second-order valence-electron chi connectivity index (χ2n) is 4.12. The average Bonchev–Trinajstić information content (AvgIpc) is 2.78. The first-order chi connectivity index (χ1) is 9.22. The summed E-state index contributed by atoms with van der Waals surface area (Å²) in [4.78, 5) is 4.22. The third-order valence-electron chi connectivity index (χ3n) is 2.75. The molecule has 96 valence electrons. The van der Waals surface area contributed by atoms with Crippen LogP contribution in [-0.4, -0.2) is 20.0 Å². The fourth-order valence-corrected chi connectivity index (χ4v) is 2.12. The molecule has 0 fully saturated rings. The molecule has 2 heterocycles. The first-order valence-corrected chi connectivity index (χ1v) is 6.55. The number of hydrogen-bond acceptors (Lipinski definition) is 4. The molecule has 0 spiro atoms. The van der Waals surface area contributed by atoms with Gasteiger partial charge in [0.15, 0.2) is 0 Å². The Bertz CT molecular complexity index is 725. The Balaban J connectivity index is 1.79. The molecule has 0 amide bonds. The van der Waals surface area contributed by atoms with Gasteiger partial charge in [-0.2, -0.15) is 0 Å². The summed E-state index contributed by atoms with van der Waals surface area (Å²) < 4.78 is 8.15. The third-order valence-corrected chi connectivity index (χ3v) is 3.19. The molecule has 3 aromatic rings. The number of halogens is 1. The van der Waals surface area contributed by atoms with E-state index in [9.17, 15) is 0 Å². The molecule has 0 saturated carbocycles. The quantitative estimate of drug-likeness (QED) is 0.697. The second kappa shape index (κ2) is 4.97.